The monoisotopic (exact) mass is 334 g/mol. The van der Waals surface area contributed by atoms with Crippen LogP contribution in [0.15, 0.2) is 0 Å². The van der Waals surface area contributed by atoms with Crippen LogP contribution in [-0.4, -0.2) is 41.9 Å². The van der Waals surface area contributed by atoms with Gasteiger partial charge in [-0.05, 0) is 31.6 Å². The first-order valence-electron chi connectivity index (χ1n) is 10.1. The lowest BCUT2D eigenvalue weighted by atomic mass is 9.52. The summed E-state index contributed by atoms with van der Waals surface area (Å²) in [6.45, 7) is 9.38. The number of hydrogen-bond donors (Lipinski definition) is 0. The molecule has 5 saturated heterocycles. The van der Waals surface area contributed by atoms with Gasteiger partial charge in [0.15, 0.2) is 5.79 Å². The summed E-state index contributed by atoms with van der Waals surface area (Å²) in [7, 11) is 0. The summed E-state index contributed by atoms with van der Waals surface area (Å²) in [5.74, 6) is 1.36. The van der Waals surface area contributed by atoms with Crippen LogP contribution in [0.4, 0.5) is 0 Å². The van der Waals surface area contributed by atoms with Crippen molar-refractivity contribution in [2.75, 3.05) is 0 Å². The largest absolute Gasteiger partial charge is 0.373 e. The van der Waals surface area contributed by atoms with Gasteiger partial charge in [0, 0.05) is 24.2 Å². The van der Waals surface area contributed by atoms with Crippen LogP contribution in [0.25, 0.3) is 0 Å². The summed E-state index contributed by atoms with van der Waals surface area (Å²) in [5.41, 5.74) is -0.222. The SMILES string of the molecule is CC1C(C)C2OC1C1C3OC(C4(C)OC5(CCCCC5)OC34)C21C. The summed E-state index contributed by atoms with van der Waals surface area (Å²) < 4.78 is 26.5. The van der Waals surface area contributed by atoms with Crippen LogP contribution < -0.4 is 0 Å². The third-order valence-electron chi connectivity index (χ3n) is 8.77. The molecule has 1 aliphatic carbocycles. The van der Waals surface area contributed by atoms with E-state index in [0.717, 1.165) is 12.8 Å². The zero-order valence-corrected chi connectivity index (χ0v) is 15.3. The Morgan fingerprint density at radius 1 is 0.833 bits per heavy atom. The highest BCUT2D eigenvalue weighted by Gasteiger charge is 2.83. The van der Waals surface area contributed by atoms with Crippen molar-refractivity contribution in [1.82, 2.24) is 0 Å². The fraction of sp³-hybridized carbons (Fsp3) is 1.00. The molecule has 5 heterocycles. The number of ether oxygens (including phenoxy) is 4. The van der Waals surface area contributed by atoms with Gasteiger partial charge < -0.3 is 18.9 Å². The standard InChI is InChI=1S/C20H30O4/c1-10-11(2)15-18(3)12(13(10)21-15)14-16-19(4,17(18)22-14)24-20(23-16)8-6-5-7-9-20/h10-17H,5-9H2,1-4H3. The van der Waals surface area contributed by atoms with E-state index in [1.54, 1.807) is 0 Å². The summed E-state index contributed by atoms with van der Waals surface area (Å²) in [4.78, 5) is 0. The zero-order chi connectivity index (χ0) is 16.5. The van der Waals surface area contributed by atoms with E-state index < -0.39 is 0 Å². The van der Waals surface area contributed by atoms with Crippen molar-refractivity contribution in [3.05, 3.63) is 0 Å². The van der Waals surface area contributed by atoms with E-state index in [1.807, 2.05) is 0 Å². The molecule has 0 aromatic carbocycles. The molecular weight excluding hydrogens is 304 g/mol. The van der Waals surface area contributed by atoms with Gasteiger partial charge >= 0.3 is 0 Å². The number of fused-ring (bicyclic) bond motifs is 12. The minimum Gasteiger partial charge on any atom is -0.373 e. The normalized spacial score (nSPS) is 65.5. The van der Waals surface area contributed by atoms with Crippen molar-refractivity contribution in [1.29, 1.82) is 0 Å². The Balaban J connectivity index is 1.41. The molecule has 1 spiro atoms. The first-order chi connectivity index (χ1) is 11.4. The molecule has 4 heteroatoms. The lowest BCUT2D eigenvalue weighted by molar-refractivity contribution is -0.237. The Labute approximate surface area is 144 Å². The van der Waals surface area contributed by atoms with Gasteiger partial charge in [-0.15, -0.1) is 0 Å². The molecular formula is C20H30O4. The van der Waals surface area contributed by atoms with Crippen LogP contribution >= 0.6 is 0 Å². The van der Waals surface area contributed by atoms with Gasteiger partial charge in [0.1, 0.15) is 11.7 Å². The molecule has 0 aromatic heterocycles. The molecule has 24 heavy (non-hydrogen) atoms. The first-order valence-corrected chi connectivity index (χ1v) is 10.1. The van der Waals surface area contributed by atoms with Crippen molar-refractivity contribution in [3.8, 4) is 0 Å². The third-order valence-corrected chi connectivity index (χ3v) is 8.77. The maximum absolute atomic E-state index is 6.78. The molecule has 6 rings (SSSR count). The zero-order valence-electron chi connectivity index (χ0n) is 15.3. The van der Waals surface area contributed by atoms with Crippen molar-refractivity contribution >= 4 is 0 Å². The minimum atomic E-state index is -0.329. The van der Waals surface area contributed by atoms with E-state index >= 15 is 0 Å². The number of hydrogen-bond acceptors (Lipinski definition) is 4. The highest BCUT2D eigenvalue weighted by Crippen LogP contribution is 2.71. The van der Waals surface area contributed by atoms with E-state index in [9.17, 15) is 0 Å². The Morgan fingerprint density at radius 2 is 1.58 bits per heavy atom. The van der Waals surface area contributed by atoms with Gasteiger partial charge in [-0.1, -0.05) is 27.2 Å². The first kappa shape index (κ1) is 15.0. The molecule has 10 atom stereocenters. The molecule has 4 bridgehead atoms. The van der Waals surface area contributed by atoms with E-state index in [1.165, 1.54) is 19.3 Å². The van der Waals surface area contributed by atoms with Gasteiger partial charge in [-0.2, -0.15) is 0 Å². The summed E-state index contributed by atoms with van der Waals surface area (Å²) in [6, 6.07) is 0. The molecule has 134 valence electrons. The Bertz CT molecular complexity index is 586. The van der Waals surface area contributed by atoms with Gasteiger partial charge in [0.2, 0.25) is 0 Å². The van der Waals surface area contributed by atoms with Gasteiger partial charge in [0.05, 0.1) is 24.4 Å². The molecule has 0 aromatic rings. The predicted octanol–water partition coefficient (Wildman–Crippen LogP) is 3.28. The average Bonchev–Trinajstić information content (AvgIpc) is 3.24. The summed E-state index contributed by atoms with van der Waals surface area (Å²) in [6.07, 6.45) is 6.85. The van der Waals surface area contributed by atoms with Gasteiger partial charge in [-0.25, -0.2) is 0 Å². The topological polar surface area (TPSA) is 36.9 Å². The Kier molecular flexibility index (Phi) is 2.63. The van der Waals surface area contributed by atoms with E-state index in [4.69, 9.17) is 18.9 Å². The fourth-order valence-electron chi connectivity index (χ4n) is 7.66. The molecule has 10 unspecified atom stereocenters. The second kappa shape index (κ2) is 4.21. The van der Waals surface area contributed by atoms with Crippen molar-refractivity contribution in [2.45, 2.75) is 102 Å². The van der Waals surface area contributed by atoms with Crippen LogP contribution in [0.2, 0.25) is 0 Å². The maximum Gasteiger partial charge on any atom is 0.169 e. The lowest BCUT2D eigenvalue weighted by Gasteiger charge is -2.49. The fourth-order valence-corrected chi connectivity index (χ4v) is 7.66. The molecule has 0 amide bonds. The second-order valence-corrected chi connectivity index (χ2v) is 9.91. The Hall–Kier alpha value is -0.160. The van der Waals surface area contributed by atoms with E-state index in [0.29, 0.717) is 30.0 Å². The highest BCUT2D eigenvalue weighted by molar-refractivity contribution is 5.29. The van der Waals surface area contributed by atoms with E-state index in [-0.39, 0.29) is 35.1 Å². The van der Waals surface area contributed by atoms with Crippen molar-refractivity contribution < 1.29 is 18.9 Å². The van der Waals surface area contributed by atoms with Gasteiger partial charge in [-0.3, -0.25) is 0 Å². The smallest absolute Gasteiger partial charge is 0.169 e. The van der Waals surface area contributed by atoms with Gasteiger partial charge in [0.25, 0.3) is 0 Å². The summed E-state index contributed by atoms with van der Waals surface area (Å²) >= 11 is 0. The maximum atomic E-state index is 6.78. The molecule has 6 aliphatic rings. The van der Waals surface area contributed by atoms with Crippen LogP contribution in [0.3, 0.4) is 0 Å². The number of rotatable bonds is 0. The lowest BCUT2D eigenvalue weighted by Crippen LogP contribution is -2.63. The molecule has 5 aliphatic heterocycles. The van der Waals surface area contributed by atoms with Crippen LogP contribution in [0.1, 0.15) is 59.8 Å². The van der Waals surface area contributed by atoms with Crippen LogP contribution in [0.5, 0.6) is 0 Å². The van der Waals surface area contributed by atoms with Crippen LogP contribution in [-0.2, 0) is 18.9 Å². The second-order valence-electron chi connectivity index (χ2n) is 9.91. The average molecular weight is 334 g/mol. The third kappa shape index (κ3) is 1.38. The molecule has 0 N–H and O–H groups in total. The quantitative estimate of drug-likeness (QED) is 0.681. The van der Waals surface area contributed by atoms with Crippen molar-refractivity contribution in [2.24, 2.45) is 23.2 Å². The summed E-state index contributed by atoms with van der Waals surface area (Å²) in [5, 5.41) is 0. The highest BCUT2D eigenvalue weighted by atomic mass is 16.8. The predicted molar refractivity (Wildman–Crippen MR) is 87.4 cm³/mol. The van der Waals surface area contributed by atoms with E-state index in [2.05, 4.69) is 27.7 Å². The van der Waals surface area contributed by atoms with Crippen molar-refractivity contribution in [3.63, 3.8) is 0 Å². The van der Waals surface area contributed by atoms with Crippen LogP contribution in [0, 0.1) is 23.2 Å². The molecule has 0 radical (unpaired) electrons. The molecule has 6 fully saturated rings. The molecule has 1 saturated carbocycles. The minimum absolute atomic E-state index is 0.0794. The Morgan fingerprint density at radius 3 is 2.33 bits per heavy atom. The molecule has 4 nitrogen and oxygen atoms in total.